The van der Waals surface area contributed by atoms with Crippen molar-refractivity contribution >= 4 is 11.5 Å². The van der Waals surface area contributed by atoms with E-state index in [2.05, 4.69) is 26.3 Å². The van der Waals surface area contributed by atoms with Crippen molar-refractivity contribution in [1.82, 2.24) is 15.0 Å². The van der Waals surface area contributed by atoms with E-state index in [4.69, 9.17) is 11.0 Å². The van der Waals surface area contributed by atoms with Gasteiger partial charge in [-0.2, -0.15) is 5.26 Å². The summed E-state index contributed by atoms with van der Waals surface area (Å²) in [7, 11) is 0. The molecule has 1 atom stereocenters. The van der Waals surface area contributed by atoms with Crippen molar-refractivity contribution in [3.63, 3.8) is 0 Å². The molecular weight excluding hydrogens is 216 g/mol. The number of nitrogen functional groups attached to an aromatic ring is 1. The standard InChI is InChI=1S/C11H12N6/c1-7(10-14-2-3-15-10)17-11-8(5-12)4-9(13)6-16-11/h2-4,6-7H,13H2,1H3,(H,14,15)(H,16,17). The zero-order valence-electron chi connectivity index (χ0n) is 9.31. The van der Waals surface area contributed by atoms with Crippen LogP contribution < -0.4 is 11.1 Å². The van der Waals surface area contributed by atoms with Gasteiger partial charge in [-0.15, -0.1) is 0 Å². The quantitative estimate of drug-likeness (QED) is 0.737. The Morgan fingerprint density at radius 3 is 3.00 bits per heavy atom. The van der Waals surface area contributed by atoms with E-state index in [1.807, 2.05) is 6.92 Å². The minimum atomic E-state index is -0.0618. The van der Waals surface area contributed by atoms with Crippen molar-refractivity contribution in [2.45, 2.75) is 13.0 Å². The van der Waals surface area contributed by atoms with Gasteiger partial charge >= 0.3 is 0 Å². The zero-order chi connectivity index (χ0) is 12.3. The molecule has 0 saturated carbocycles. The lowest BCUT2D eigenvalue weighted by Crippen LogP contribution is -2.11. The van der Waals surface area contributed by atoms with Crippen LogP contribution in [0.4, 0.5) is 11.5 Å². The minimum Gasteiger partial charge on any atom is -0.397 e. The predicted molar refractivity (Wildman–Crippen MR) is 64.0 cm³/mol. The topological polar surface area (TPSA) is 103 Å². The third kappa shape index (κ3) is 2.34. The number of anilines is 2. The average molecular weight is 228 g/mol. The van der Waals surface area contributed by atoms with Gasteiger partial charge in [-0.1, -0.05) is 0 Å². The third-order valence-corrected chi connectivity index (χ3v) is 2.31. The van der Waals surface area contributed by atoms with Crippen LogP contribution in [0.25, 0.3) is 0 Å². The van der Waals surface area contributed by atoms with Crippen LogP contribution in [0.1, 0.15) is 24.4 Å². The molecule has 0 amide bonds. The van der Waals surface area contributed by atoms with Crippen LogP contribution in [0.5, 0.6) is 0 Å². The van der Waals surface area contributed by atoms with E-state index in [0.29, 0.717) is 17.1 Å². The highest BCUT2D eigenvalue weighted by molar-refractivity contribution is 5.57. The maximum Gasteiger partial charge on any atom is 0.144 e. The Bertz CT molecular complexity index is 540. The number of H-pyrrole nitrogens is 1. The fourth-order valence-electron chi connectivity index (χ4n) is 1.47. The molecule has 6 nitrogen and oxygen atoms in total. The monoisotopic (exact) mass is 228 g/mol. The highest BCUT2D eigenvalue weighted by Gasteiger charge is 2.11. The number of aromatic nitrogens is 3. The Morgan fingerprint density at radius 2 is 2.35 bits per heavy atom. The normalized spacial score (nSPS) is 11.8. The zero-order valence-corrected chi connectivity index (χ0v) is 9.31. The van der Waals surface area contributed by atoms with E-state index >= 15 is 0 Å². The molecule has 1 unspecified atom stereocenters. The molecule has 0 spiro atoms. The number of imidazole rings is 1. The molecule has 2 aromatic rings. The van der Waals surface area contributed by atoms with E-state index in [9.17, 15) is 0 Å². The van der Waals surface area contributed by atoms with Gasteiger partial charge in [0.1, 0.15) is 17.7 Å². The van der Waals surface area contributed by atoms with Gasteiger partial charge in [-0.25, -0.2) is 9.97 Å². The van der Waals surface area contributed by atoms with Crippen LogP contribution in [0.2, 0.25) is 0 Å². The second kappa shape index (κ2) is 4.53. The van der Waals surface area contributed by atoms with Gasteiger partial charge in [0.15, 0.2) is 0 Å². The molecule has 17 heavy (non-hydrogen) atoms. The summed E-state index contributed by atoms with van der Waals surface area (Å²) in [6.07, 6.45) is 4.93. The molecule has 0 aliphatic rings. The molecule has 4 N–H and O–H groups in total. The molecule has 2 rings (SSSR count). The lowest BCUT2D eigenvalue weighted by atomic mass is 10.2. The van der Waals surface area contributed by atoms with Gasteiger partial charge in [-0.05, 0) is 13.0 Å². The number of nitrogens with one attached hydrogen (secondary N) is 2. The molecule has 0 fully saturated rings. The van der Waals surface area contributed by atoms with E-state index < -0.39 is 0 Å². The maximum atomic E-state index is 8.98. The van der Waals surface area contributed by atoms with Crippen LogP contribution in [-0.4, -0.2) is 15.0 Å². The number of nitrogens with two attached hydrogens (primary N) is 1. The van der Waals surface area contributed by atoms with E-state index in [-0.39, 0.29) is 6.04 Å². The molecule has 0 radical (unpaired) electrons. The van der Waals surface area contributed by atoms with Crippen molar-refractivity contribution in [3.05, 3.63) is 36.0 Å². The van der Waals surface area contributed by atoms with Gasteiger partial charge < -0.3 is 16.0 Å². The molecular formula is C11H12N6. The summed E-state index contributed by atoms with van der Waals surface area (Å²) < 4.78 is 0. The lowest BCUT2D eigenvalue weighted by molar-refractivity contribution is 0.803. The van der Waals surface area contributed by atoms with Crippen molar-refractivity contribution < 1.29 is 0 Å². The van der Waals surface area contributed by atoms with Crippen LogP contribution in [0.15, 0.2) is 24.7 Å². The average Bonchev–Trinajstić information content (AvgIpc) is 2.85. The third-order valence-electron chi connectivity index (χ3n) is 2.31. The molecule has 2 heterocycles. The van der Waals surface area contributed by atoms with Gasteiger partial charge in [0.25, 0.3) is 0 Å². The van der Waals surface area contributed by atoms with Crippen LogP contribution in [-0.2, 0) is 0 Å². The van der Waals surface area contributed by atoms with Gasteiger partial charge in [-0.3, -0.25) is 0 Å². The Labute approximate surface area is 98.5 Å². The summed E-state index contributed by atoms with van der Waals surface area (Å²) in [5, 5.41) is 12.1. The minimum absolute atomic E-state index is 0.0618. The second-order valence-corrected chi connectivity index (χ2v) is 3.62. The van der Waals surface area contributed by atoms with Crippen molar-refractivity contribution in [2.75, 3.05) is 11.1 Å². The van der Waals surface area contributed by atoms with Crippen molar-refractivity contribution in [1.29, 1.82) is 5.26 Å². The largest absolute Gasteiger partial charge is 0.397 e. The number of nitriles is 1. The highest BCUT2D eigenvalue weighted by atomic mass is 15.1. The number of aromatic amines is 1. The highest BCUT2D eigenvalue weighted by Crippen LogP contribution is 2.19. The summed E-state index contributed by atoms with van der Waals surface area (Å²) in [5.74, 6) is 1.29. The number of hydrogen-bond acceptors (Lipinski definition) is 5. The Morgan fingerprint density at radius 1 is 1.53 bits per heavy atom. The summed E-state index contributed by atoms with van der Waals surface area (Å²) in [4.78, 5) is 11.2. The Kier molecular flexibility index (Phi) is 2.92. The van der Waals surface area contributed by atoms with Gasteiger partial charge in [0.05, 0.1) is 23.5 Å². The summed E-state index contributed by atoms with van der Waals surface area (Å²) in [6.45, 7) is 1.93. The smallest absolute Gasteiger partial charge is 0.144 e. The summed E-state index contributed by atoms with van der Waals surface area (Å²) in [5.41, 5.74) is 6.46. The number of hydrogen-bond donors (Lipinski definition) is 3. The summed E-state index contributed by atoms with van der Waals surface area (Å²) in [6, 6.07) is 3.58. The number of pyridine rings is 1. The summed E-state index contributed by atoms with van der Waals surface area (Å²) >= 11 is 0. The van der Waals surface area contributed by atoms with Crippen LogP contribution >= 0.6 is 0 Å². The van der Waals surface area contributed by atoms with Crippen molar-refractivity contribution in [2.24, 2.45) is 0 Å². The van der Waals surface area contributed by atoms with E-state index in [1.54, 1.807) is 18.5 Å². The Balaban J connectivity index is 2.22. The number of nitrogens with zero attached hydrogens (tertiary/aromatic N) is 3. The first kappa shape index (κ1) is 11.0. The molecule has 0 bridgehead atoms. The molecule has 0 aromatic carbocycles. The first-order valence-corrected chi connectivity index (χ1v) is 5.12. The number of rotatable bonds is 3. The Hall–Kier alpha value is -2.55. The second-order valence-electron chi connectivity index (χ2n) is 3.62. The fraction of sp³-hybridized carbons (Fsp3) is 0.182. The van der Waals surface area contributed by atoms with Crippen molar-refractivity contribution in [3.8, 4) is 6.07 Å². The predicted octanol–water partition coefficient (Wildman–Crippen LogP) is 1.43. The van der Waals surface area contributed by atoms with Crippen LogP contribution in [0, 0.1) is 11.3 Å². The first-order chi connectivity index (χ1) is 8.20. The fourth-order valence-corrected chi connectivity index (χ4v) is 1.47. The maximum absolute atomic E-state index is 8.98. The molecule has 0 saturated heterocycles. The molecule has 2 aromatic heterocycles. The SMILES string of the molecule is CC(Nc1ncc(N)cc1C#N)c1ncc[nH]1. The molecule has 0 aliphatic heterocycles. The molecule has 6 heteroatoms. The van der Waals surface area contributed by atoms with Gasteiger partial charge in [0, 0.05) is 12.4 Å². The van der Waals surface area contributed by atoms with Crippen LogP contribution in [0.3, 0.4) is 0 Å². The van der Waals surface area contributed by atoms with Gasteiger partial charge in [0.2, 0.25) is 0 Å². The molecule has 0 aliphatic carbocycles. The molecule has 86 valence electrons. The van der Waals surface area contributed by atoms with E-state index in [1.165, 1.54) is 6.20 Å². The lowest BCUT2D eigenvalue weighted by Gasteiger charge is -2.13. The first-order valence-electron chi connectivity index (χ1n) is 5.12. The van der Waals surface area contributed by atoms with E-state index in [0.717, 1.165) is 5.82 Å².